The molecule has 0 spiro atoms. The molecule has 0 radical (unpaired) electrons. The second-order valence-electron chi connectivity index (χ2n) is 6.16. The van der Waals surface area contributed by atoms with Gasteiger partial charge in [0.05, 0.1) is 0 Å². The fourth-order valence-corrected chi connectivity index (χ4v) is 2.97. The molecule has 0 fully saturated rings. The highest BCUT2D eigenvalue weighted by atomic mass is 16.5. The Morgan fingerprint density at radius 2 is 1.85 bits per heavy atom. The zero-order chi connectivity index (χ0) is 18.8. The monoisotopic (exact) mass is 359 g/mol. The average molecular weight is 359 g/mol. The van der Waals surface area contributed by atoms with Crippen molar-refractivity contribution in [2.24, 2.45) is 0 Å². The van der Waals surface area contributed by atoms with Crippen LogP contribution in [-0.4, -0.2) is 9.97 Å². The maximum atomic E-state index is 12.6. The van der Waals surface area contributed by atoms with Gasteiger partial charge < -0.3 is 14.9 Å². The van der Waals surface area contributed by atoms with Gasteiger partial charge in [0, 0.05) is 41.5 Å². The van der Waals surface area contributed by atoms with Gasteiger partial charge in [-0.05, 0) is 42.3 Å². The topological polar surface area (TPSA) is 91.2 Å². The summed E-state index contributed by atoms with van der Waals surface area (Å²) in [7, 11) is 0. The van der Waals surface area contributed by atoms with Crippen molar-refractivity contribution in [3.05, 3.63) is 88.0 Å². The highest BCUT2D eigenvalue weighted by molar-refractivity contribution is 5.82. The summed E-state index contributed by atoms with van der Waals surface area (Å²) in [6.07, 6.45) is 3.61. The second kappa shape index (κ2) is 6.92. The highest BCUT2D eigenvalue weighted by Crippen LogP contribution is 2.27. The third-order valence-electron chi connectivity index (χ3n) is 4.43. The lowest BCUT2D eigenvalue weighted by atomic mass is 9.99. The molecule has 0 aliphatic rings. The minimum Gasteiger partial charge on any atom is -0.424 e. The molecule has 0 aliphatic carbocycles. The number of nitrogens with two attached hydrogens (primary N) is 1. The lowest BCUT2D eigenvalue weighted by Crippen LogP contribution is -2.11. The van der Waals surface area contributed by atoms with Crippen molar-refractivity contribution in [2.45, 2.75) is 13.3 Å². The Kier molecular flexibility index (Phi) is 4.30. The highest BCUT2D eigenvalue weighted by Gasteiger charge is 2.14. The zero-order valence-electron chi connectivity index (χ0n) is 14.7. The maximum absolute atomic E-state index is 12.6. The Balaban J connectivity index is 1.73. The van der Waals surface area contributed by atoms with E-state index in [1.165, 1.54) is 0 Å². The first-order valence-electron chi connectivity index (χ1n) is 8.46. The van der Waals surface area contributed by atoms with Crippen LogP contribution in [0.3, 0.4) is 0 Å². The number of anilines is 1. The smallest absolute Gasteiger partial charge is 0.340 e. The number of nitrogen functional groups attached to an aromatic ring is 1. The Hall–Kier alpha value is -3.67. The van der Waals surface area contributed by atoms with Gasteiger partial charge in [0.25, 0.3) is 0 Å². The predicted molar refractivity (Wildman–Crippen MR) is 103 cm³/mol. The predicted octanol–water partition coefficient (Wildman–Crippen LogP) is 3.86. The second-order valence-corrected chi connectivity index (χ2v) is 6.16. The van der Waals surface area contributed by atoms with E-state index >= 15 is 0 Å². The number of benzene rings is 2. The van der Waals surface area contributed by atoms with Crippen LogP contribution in [0.15, 0.2) is 70.1 Å². The minimum absolute atomic E-state index is 0.229. The van der Waals surface area contributed by atoms with E-state index in [1.807, 2.05) is 37.3 Å². The molecule has 0 amide bonds. The molecule has 2 aromatic carbocycles. The Bertz CT molecular complexity index is 1170. The summed E-state index contributed by atoms with van der Waals surface area (Å²) < 4.78 is 11.2. The molecular formula is C21H17N3O3. The largest absolute Gasteiger partial charge is 0.424 e. The van der Waals surface area contributed by atoms with Crippen LogP contribution < -0.4 is 16.1 Å². The molecule has 2 N–H and O–H groups in total. The summed E-state index contributed by atoms with van der Waals surface area (Å²) in [5, 5.41) is 0.848. The van der Waals surface area contributed by atoms with Crippen molar-refractivity contribution in [1.29, 1.82) is 0 Å². The Labute approximate surface area is 155 Å². The molecule has 2 heterocycles. The number of rotatable bonds is 4. The Morgan fingerprint density at radius 1 is 1.07 bits per heavy atom. The third kappa shape index (κ3) is 3.37. The van der Waals surface area contributed by atoms with E-state index in [0.717, 1.165) is 16.5 Å². The molecule has 4 rings (SSSR count). The van der Waals surface area contributed by atoms with Crippen LogP contribution in [0.4, 0.5) is 5.69 Å². The molecule has 6 nitrogen and oxygen atoms in total. The van der Waals surface area contributed by atoms with Gasteiger partial charge in [-0.1, -0.05) is 18.2 Å². The number of hydrogen-bond donors (Lipinski definition) is 1. The molecule has 2 aromatic heterocycles. The van der Waals surface area contributed by atoms with Crippen LogP contribution in [-0.2, 0) is 6.42 Å². The fraction of sp³-hybridized carbons (Fsp3) is 0.0952. The first-order valence-corrected chi connectivity index (χ1v) is 8.46. The number of aromatic nitrogens is 2. The average Bonchev–Trinajstić information content (AvgIpc) is 2.67. The summed E-state index contributed by atoms with van der Waals surface area (Å²) in [6, 6.07) is 14.8. The van der Waals surface area contributed by atoms with Gasteiger partial charge in [0.15, 0.2) is 0 Å². The van der Waals surface area contributed by atoms with Crippen LogP contribution in [0, 0.1) is 6.92 Å². The van der Waals surface area contributed by atoms with Gasteiger partial charge in [-0.25, -0.2) is 14.8 Å². The van der Waals surface area contributed by atoms with E-state index in [2.05, 4.69) is 9.97 Å². The van der Waals surface area contributed by atoms with E-state index in [1.54, 1.807) is 30.6 Å². The molecule has 0 unspecified atom stereocenters. The Morgan fingerprint density at radius 3 is 2.63 bits per heavy atom. The first-order chi connectivity index (χ1) is 13.1. The molecule has 0 bridgehead atoms. The van der Waals surface area contributed by atoms with Gasteiger partial charge in [-0.2, -0.15) is 0 Å². The summed E-state index contributed by atoms with van der Waals surface area (Å²) in [5.74, 6) is 0.497. The van der Waals surface area contributed by atoms with Gasteiger partial charge in [-0.15, -0.1) is 0 Å². The SMILES string of the molecule is Cc1c(Cc2ccccc2N)c(=O)oc2cc(Oc3ncccn3)ccc12. The quantitative estimate of drug-likeness (QED) is 0.439. The molecule has 27 heavy (non-hydrogen) atoms. The van der Waals surface area contributed by atoms with E-state index in [0.29, 0.717) is 29.0 Å². The van der Waals surface area contributed by atoms with Gasteiger partial charge in [-0.3, -0.25) is 0 Å². The van der Waals surface area contributed by atoms with E-state index in [4.69, 9.17) is 14.9 Å². The number of aryl methyl sites for hydroxylation is 1. The summed E-state index contributed by atoms with van der Waals surface area (Å²) in [6.45, 7) is 1.91. The molecular weight excluding hydrogens is 342 g/mol. The van der Waals surface area contributed by atoms with Crippen molar-refractivity contribution in [2.75, 3.05) is 5.73 Å². The first kappa shape index (κ1) is 16.8. The maximum Gasteiger partial charge on any atom is 0.340 e. The fourth-order valence-electron chi connectivity index (χ4n) is 2.97. The number of ether oxygens (including phenoxy) is 1. The van der Waals surface area contributed by atoms with Crippen LogP contribution in [0.2, 0.25) is 0 Å². The lowest BCUT2D eigenvalue weighted by molar-refractivity contribution is 0.440. The number of hydrogen-bond acceptors (Lipinski definition) is 6. The molecule has 0 saturated heterocycles. The number of para-hydroxylation sites is 1. The summed E-state index contributed by atoms with van der Waals surface area (Å²) in [4.78, 5) is 20.6. The van der Waals surface area contributed by atoms with E-state index in [-0.39, 0.29) is 11.6 Å². The van der Waals surface area contributed by atoms with Crippen molar-refractivity contribution >= 4 is 16.7 Å². The van der Waals surface area contributed by atoms with E-state index < -0.39 is 0 Å². The number of fused-ring (bicyclic) bond motifs is 1. The molecule has 0 aliphatic heterocycles. The van der Waals surface area contributed by atoms with Crippen LogP contribution >= 0.6 is 0 Å². The van der Waals surface area contributed by atoms with Crippen LogP contribution in [0.5, 0.6) is 11.8 Å². The molecule has 6 heteroatoms. The van der Waals surface area contributed by atoms with Crippen LogP contribution in [0.25, 0.3) is 11.0 Å². The van der Waals surface area contributed by atoms with Crippen molar-refractivity contribution in [1.82, 2.24) is 9.97 Å². The zero-order valence-corrected chi connectivity index (χ0v) is 14.7. The minimum atomic E-state index is -0.378. The van der Waals surface area contributed by atoms with E-state index in [9.17, 15) is 4.79 Å². The molecule has 4 aromatic rings. The van der Waals surface area contributed by atoms with Crippen LogP contribution in [0.1, 0.15) is 16.7 Å². The molecule has 0 saturated carbocycles. The van der Waals surface area contributed by atoms with Gasteiger partial charge in [0.2, 0.25) is 0 Å². The summed E-state index contributed by atoms with van der Waals surface area (Å²) in [5.41, 5.74) is 9.11. The van der Waals surface area contributed by atoms with Crippen molar-refractivity contribution in [3.8, 4) is 11.8 Å². The van der Waals surface area contributed by atoms with Crippen molar-refractivity contribution in [3.63, 3.8) is 0 Å². The molecule has 0 atom stereocenters. The van der Waals surface area contributed by atoms with Crippen molar-refractivity contribution < 1.29 is 9.15 Å². The molecule has 134 valence electrons. The summed E-state index contributed by atoms with van der Waals surface area (Å²) >= 11 is 0. The lowest BCUT2D eigenvalue weighted by Gasteiger charge is -2.10. The normalized spacial score (nSPS) is 10.9. The van der Waals surface area contributed by atoms with Gasteiger partial charge in [0.1, 0.15) is 11.3 Å². The van der Waals surface area contributed by atoms with Gasteiger partial charge >= 0.3 is 11.6 Å². The standard InChI is InChI=1S/C21H17N3O3/c1-13-16-8-7-15(26-21-23-9-4-10-24-21)12-19(16)27-20(25)17(13)11-14-5-2-3-6-18(14)22/h2-10,12H,11,22H2,1H3. The third-order valence-corrected chi connectivity index (χ3v) is 4.43. The number of nitrogens with zero attached hydrogens (tertiary/aromatic N) is 2.